The predicted octanol–water partition coefficient (Wildman–Crippen LogP) is 3.44. The topological polar surface area (TPSA) is 82.2 Å². The van der Waals surface area contributed by atoms with Crippen LogP contribution in [0.15, 0.2) is 46.9 Å². The molecule has 0 saturated carbocycles. The van der Waals surface area contributed by atoms with Crippen LogP contribution < -0.4 is 4.90 Å². The third kappa shape index (κ3) is 4.59. The van der Waals surface area contributed by atoms with Gasteiger partial charge in [0.05, 0.1) is 15.5 Å². The van der Waals surface area contributed by atoms with Crippen LogP contribution in [0.3, 0.4) is 0 Å². The van der Waals surface area contributed by atoms with Gasteiger partial charge in [-0.3, -0.25) is 15.0 Å². The zero-order valence-corrected chi connectivity index (χ0v) is 15.3. The number of nitro groups is 1. The Hall–Kier alpha value is -2.45. The van der Waals surface area contributed by atoms with Crippen LogP contribution in [0, 0.1) is 10.1 Å². The van der Waals surface area contributed by atoms with Crippen LogP contribution in [0.4, 0.5) is 11.4 Å². The van der Waals surface area contributed by atoms with Crippen molar-refractivity contribution in [3.63, 3.8) is 0 Å². The number of nitrogens with zero attached hydrogens (tertiary/aromatic N) is 4. The molecule has 1 saturated heterocycles. The summed E-state index contributed by atoms with van der Waals surface area (Å²) in [5.41, 5.74) is 1.79. The lowest BCUT2D eigenvalue weighted by molar-refractivity contribution is -0.384. The zero-order chi connectivity index (χ0) is 18.4. The number of piperazine rings is 1. The highest BCUT2D eigenvalue weighted by atomic mass is 32.1. The summed E-state index contributed by atoms with van der Waals surface area (Å²) in [6.45, 7) is 4.51. The molecule has 0 radical (unpaired) electrons. The average molecular weight is 374 g/mol. The van der Waals surface area contributed by atoms with Gasteiger partial charge in [-0.2, -0.15) is 0 Å². The highest BCUT2D eigenvalue weighted by molar-refractivity contribution is 7.12. The fourth-order valence-electron chi connectivity index (χ4n) is 3.17. The van der Waals surface area contributed by atoms with Gasteiger partial charge in [-0.25, -0.2) is 0 Å². The monoisotopic (exact) mass is 374 g/mol. The van der Waals surface area contributed by atoms with Gasteiger partial charge in [0.25, 0.3) is 5.69 Å². The zero-order valence-electron chi connectivity index (χ0n) is 14.5. The highest BCUT2D eigenvalue weighted by Crippen LogP contribution is 2.22. The number of nitro benzene ring substituents is 1. The molecule has 0 atom stereocenters. The second-order valence-corrected chi connectivity index (χ2v) is 7.18. The molecule has 0 spiro atoms. The highest BCUT2D eigenvalue weighted by Gasteiger charge is 2.18. The maximum Gasteiger partial charge on any atom is 0.271 e. The van der Waals surface area contributed by atoms with Gasteiger partial charge in [0, 0.05) is 44.0 Å². The van der Waals surface area contributed by atoms with Gasteiger partial charge in [-0.05, 0) is 36.9 Å². The lowest BCUT2D eigenvalue weighted by Gasteiger charge is -2.36. The third-order valence-corrected chi connectivity index (χ3v) is 5.51. The molecule has 3 rings (SSSR count). The standard InChI is InChI=1S/C18H22N4O3S/c23-19-17(18-7-3-13-26-18)6-2-8-20-9-11-21(12-10-20)15-4-1-5-16(14-15)22(24)25/h1,3-5,7,13-14,23H,2,6,8-12H2. The minimum absolute atomic E-state index is 0.134. The number of benzene rings is 1. The smallest absolute Gasteiger partial charge is 0.271 e. The van der Waals surface area contributed by atoms with Gasteiger partial charge in [0.1, 0.15) is 0 Å². The maximum absolute atomic E-state index is 10.9. The molecule has 8 heteroatoms. The summed E-state index contributed by atoms with van der Waals surface area (Å²) in [5.74, 6) is 0. The van der Waals surface area contributed by atoms with Gasteiger partial charge in [-0.15, -0.1) is 11.3 Å². The molecule has 7 nitrogen and oxygen atoms in total. The molecule has 26 heavy (non-hydrogen) atoms. The van der Waals surface area contributed by atoms with E-state index in [2.05, 4.69) is 15.0 Å². The Morgan fingerprint density at radius 3 is 2.69 bits per heavy atom. The van der Waals surface area contributed by atoms with Crippen LogP contribution in [-0.2, 0) is 0 Å². The Bertz CT molecular complexity index is 756. The summed E-state index contributed by atoms with van der Waals surface area (Å²) < 4.78 is 0. The fourth-order valence-corrected chi connectivity index (χ4v) is 3.91. The molecule has 1 aliphatic rings. The van der Waals surface area contributed by atoms with Crippen LogP contribution in [0.1, 0.15) is 17.7 Å². The lowest BCUT2D eigenvalue weighted by Crippen LogP contribution is -2.46. The van der Waals surface area contributed by atoms with Crippen molar-refractivity contribution in [2.75, 3.05) is 37.6 Å². The first-order chi connectivity index (χ1) is 12.7. The average Bonchev–Trinajstić information content (AvgIpc) is 3.20. The quantitative estimate of drug-likeness (QED) is 0.347. The molecule has 0 unspecified atom stereocenters. The van der Waals surface area contributed by atoms with Gasteiger partial charge < -0.3 is 10.1 Å². The van der Waals surface area contributed by atoms with E-state index in [0.717, 1.165) is 61.8 Å². The van der Waals surface area contributed by atoms with Crippen molar-refractivity contribution in [2.45, 2.75) is 12.8 Å². The van der Waals surface area contributed by atoms with E-state index in [4.69, 9.17) is 0 Å². The summed E-state index contributed by atoms with van der Waals surface area (Å²) in [4.78, 5) is 16.2. The van der Waals surface area contributed by atoms with E-state index < -0.39 is 0 Å². The van der Waals surface area contributed by atoms with Gasteiger partial charge >= 0.3 is 0 Å². The number of thiophene rings is 1. The van der Waals surface area contributed by atoms with E-state index in [1.54, 1.807) is 23.5 Å². The third-order valence-electron chi connectivity index (χ3n) is 4.59. The van der Waals surface area contributed by atoms with Gasteiger partial charge in [0.15, 0.2) is 0 Å². The van der Waals surface area contributed by atoms with E-state index in [-0.39, 0.29) is 10.6 Å². The minimum Gasteiger partial charge on any atom is -0.411 e. The van der Waals surface area contributed by atoms with Crippen LogP contribution in [-0.4, -0.2) is 53.5 Å². The molecule has 1 fully saturated rings. The van der Waals surface area contributed by atoms with E-state index in [1.807, 2.05) is 23.6 Å². The summed E-state index contributed by atoms with van der Waals surface area (Å²) >= 11 is 1.58. The molecule has 1 aliphatic heterocycles. The van der Waals surface area contributed by atoms with Crippen molar-refractivity contribution >= 4 is 28.4 Å². The van der Waals surface area contributed by atoms with Crippen LogP contribution in [0.25, 0.3) is 0 Å². The summed E-state index contributed by atoms with van der Waals surface area (Å²) in [7, 11) is 0. The Morgan fingerprint density at radius 1 is 1.23 bits per heavy atom. The molecule has 2 aromatic rings. The summed E-state index contributed by atoms with van der Waals surface area (Å²) in [6, 6.07) is 10.7. The number of rotatable bonds is 7. The second-order valence-electron chi connectivity index (χ2n) is 6.23. The Labute approximate surface area is 156 Å². The Balaban J connectivity index is 1.45. The molecular formula is C18H22N4O3S. The van der Waals surface area contributed by atoms with Crippen molar-refractivity contribution in [2.24, 2.45) is 5.16 Å². The van der Waals surface area contributed by atoms with Crippen LogP contribution in [0.2, 0.25) is 0 Å². The van der Waals surface area contributed by atoms with Gasteiger partial charge in [0.2, 0.25) is 0 Å². The normalized spacial score (nSPS) is 16.0. The molecular weight excluding hydrogens is 352 g/mol. The van der Waals surface area contributed by atoms with Crippen molar-refractivity contribution in [1.82, 2.24) is 4.90 Å². The van der Waals surface area contributed by atoms with E-state index in [9.17, 15) is 15.3 Å². The summed E-state index contributed by atoms with van der Waals surface area (Å²) in [6.07, 6.45) is 1.69. The number of hydrogen-bond donors (Lipinski definition) is 1. The SMILES string of the molecule is O=[N+]([O-])c1cccc(N2CCN(CCCC(=NO)c3cccs3)CC2)c1. The summed E-state index contributed by atoms with van der Waals surface area (Å²) in [5, 5.41) is 25.5. The fraction of sp³-hybridized carbons (Fsp3) is 0.389. The minimum atomic E-state index is -0.354. The Morgan fingerprint density at radius 2 is 2.04 bits per heavy atom. The molecule has 0 aliphatic carbocycles. The number of non-ortho nitro benzene ring substituents is 1. The van der Waals surface area contributed by atoms with Gasteiger partial charge in [-0.1, -0.05) is 17.3 Å². The largest absolute Gasteiger partial charge is 0.411 e. The molecule has 1 aromatic carbocycles. The number of anilines is 1. The first-order valence-electron chi connectivity index (χ1n) is 8.64. The first kappa shape index (κ1) is 18.3. The molecule has 0 amide bonds. The molecule has 1 N–H and O–H groups in total. The maximum atomic E-state index is 10.9. The van der Waals surface area contributed by atoms with Crippen molar-refractivity contribution in [3.8, 4) is 0 Å². The van der Waals surface area contributed by atoms with Crippen LogP contribution >= 0.6 is 11.3 Å². The Kier molecular flexibility index (Phi) is 6.19. The van der Waals surface area contributed by atoms with E-state index in [0.29, 0.717) is 0 Å². The second kappa shape index (κ2) is 8.77. The van der Waals surface area contributed by atoms with E-state index >= 15 is 0 Å². The van der Waals surface area contributed by atoms with Crippen molar-refractivity contribution in [1.29, 1.82) is 0 Å². The van der Waals surface area contributed by atoms with E-state index in [1.165, 1.54) is 6.07 Å². The number of hydrogen-bond acceptors (Lipinski definition) is 7. The molecule has 2 heterocycles. The number of oxime groups is 1. The van der Waals surface area contributed by atoms with Crippen molar-refractivity contribution < 1.29 is 10.1 Å². The van der Waals surface area contributed by atoms with Crippen LogP contribution in [0.5, 0.6) is 0 Å². The predicted molar refractivity (Wildman–Crippen MR) is 104 cm³/mol. The molecule has 1 aromatic heterocycles. The lowest BCUT2D eigenvalue weighted by atomic mass is 10.1. The molecule has 0 bridgehead atoms. The van der Waals surface area contributed by atoms with Crippen molar-refractivity contribution in [3.05, 3.63) is 56.8 Å². The molecule has 138 valence electrons. The first-order valence-corrected chi connectivity index (χ1v) is 9.52.